The Hall–Kier alpha value is -3.58. The number of para-hydroxylation sites is 1. The van der Waals surface area contributed by atoms with Crippen molar-refractivity contribution >= 4 is 40.2 Å². The van der Waals surface area contributed by atoms with E-state index in [9.17, 15) is 4.79 Å². The van der Waals surface area contributed by atoms with E-state index in [1.165, 1.54) is 11.3 Å². The smallest absolute Gasteiger partial charge is 0.223 e. The second-order valence-corrected chi connectivity index (χ2v) is 8.88. The minimum Gasteiger partial charge on any atom is -0.369 e. The van der Waals surface area contributed by atoms with Gasteiger partial charge in [0.2, 0.25) is 5.91 Å². The van der Waals surface area contributed by atoms with Crippen molar-refractivity contribution in [3.05, 3.63) is 66.4 Å². The molecule has 0 aliphatic carbocycles. The molecule has 2 aromatic carbocycles. The lowest BCUT2D eigenvalue weighted by Crippen LogP contribution is -2.46. The molecular weight excluding hydrogens is 424 g/mol. The summed E-state index contributed by atoms with van der Waals surface area (Å²) < 4.78 is 0. The first kappa shape index (κ1) is 22.2. The predicted molar refractivity (Wildman–Crippen MR) is 140 cm³/mol. The van der Waals surface area contributed by atoms with Crippen LogP contribution in [-0.4, -0.2) is 55.1 Å². The summed E-state index contributed by atoms with van der Waals surface area (Å²) >= 11 is 0. The number of hydrogen-bond acceptors (Lipinski definition) is 6. The number of benzene rings is 2. The molecule has 2 aliphatic rings. The third-order valence-corrected chi connectivity index (χ3v) is 6.74. The Labute approximate surface area is 201 Å². The van der Waals surface area contributed by atoms with E-state index in [4.69, 9.17) is 0 Å². The van der Waals surface area contributed by atoms with Gasteiger partial charge in [-0.3, -0.25) is 4.79 Å². The number of carbonyl (C=O) groups excluding carboxylic acids is 1. The van der Waals surface area contributed by atoms with Crippen LogP contribution in [0.1, 0.15) is 19.4 Å². The quantitative estimate of drug-likeness (QED) is 0.564. The zero-order valence-electron chi connectivity index (χ0n) is 19.9. The second-order valence-electron chi connectivity index (χ2n) is 8.88. The molecule has 0 saturated carbocycles. The first-order valence-corrected chi connectivity index (χ1v) is 12.1. The molecule has 7 nitrogen and oxygen atoms in total. The van der Waals surface area contributed by atoms with Gasteiger partial charge in [0.1, 0.15) is 5.82 Å². The Bertz CT molecular complexity index is 1150. The minimum absolute atomic E-state index is 0.0702. The molecule has 3 aromatic rings. The van der Waals surface area contributed by atoms with Crippen LogP contribution in [0.25, 0.3) is 0 Å². The van der Waals surface area contributed by atoms with Crippen molar-refractivity contribution in [3.63, 3.8) is 0 Å². The molecule has 5 rings (SSSR count). The van der Waals surface area contributed by atoms with Crippen LogP contribution >= 0.6 is 0 Å². The van der Waals surface area contributed by atoms with Gasteiger partial charge >= 0.3 is 0 Å². The molecule has 0 bridgehead atoms. The summed E-state index contributed by atoms with van der Waals surface area (Å²) in [6.07, 6.45) is 2.68. The molecule has 1 amide bonds. The van der Waals surface area contributed by atoms with E-state index in [-0.39, 0.29) is 5.91 Å². The first-order valence-electron chi connectivity index (χ1n) is 12.1. The molecule has 0 atom stereocenters. The van der Waals surface area contributed by atoms with Gasteiger partial charge in [0, 0.05) is 69.0 Å². The summed E-state index contributed by atoms with van der Waals surface area (Å²) in [5.41, 5.74) is 6.31. The van der Waals surface area contributed by atoms with Gasteiger partial charge in [-0.25, -0.2) is 4.98 Å². The van der Waals surface area contributed by atoms with Crippen molar-refractivity contribution in [2.45, 2.75) is 20.3 Å². The lowest BCUT2D eigenvalue weighted by Gasteiger charge is -2.35. The van der Waals surface area contributed by atoms with Gasteiger partial charge < -0.3 is 25.3 Å². The summed E-state index contributed by atoms with van der Waals surface area (Å²) in [7, 11) is 0. The lowest BCUT2D eigenvalue weighted by atomic mass is 10.1. The number of nitrogens with zero attached hydrogens (tertiary/aromatic N) is 4. The lowest BCUT2D eigenvalue weighted by molar-refractivity contribution is -0.116. The van der Waals surface area contributed by atoms with Crippen LogP contribution in [0, 0.1) is 0 Å². The maximum Gasteiger partial charge on any atom is 0.223 e. The van der Waals surface area contributed by atoms with E-state index in [0.717, 1.165) is 74.3 Å². The number of rotatable bonds is 6. The van der Waals surface area contributed by atoms with Crippen LogP contribution in [0.3, 0.4) is 0 Å². The fourth-order valence-electron chi connectivity index (χ4n) is 4.83. The van der Waals surface area contributed by atoms with Crippen molar-refractivity contribution in [3.8, 4) is 0 Å². The average Bonchev–Trinajstić information content (AvgIpc) is 3.31. The first-order chi connectivity index (χ1) is 16.6. The number of nitrogens with one attached hydrogen (secondary N) is 2. The molecule has 0 unspecified atom stereocenters. The topological polar surface area (TPSA) is 63.7 Å². The predicted octanol–water partition coefficient (Wildman–Crippen LogP) is 4.62. The number of piperazine rings is 1. The van der Waals surface area contributed by atoms with Crippen LogP contribution in [0.4, 0.5) is 34.3 Å². The Kier molecular flexibility index (Phi) is 6.36. The van der Waals surface area contributed by atoms with Crippen molar-refractivity contribution < 1.29 is 4.79 Å². The Morgan fingerprint density at radius 1 is 0.941 bits per heavy atom. The van der Waals surface area contributed by atoms with Gasteiger partial charge in [-0.05, 0) is 54.9 Å². The molecule has 34 heavy (non-hydrogen) atoms. The maximum atomic E-state index is 12.1. The molecule has 7 heteroatoms. The number of aromatic nitrogens is 1. The highest BCUT2D eigenvalue weighted by atomic mass is 16.2. The zero-order valence-corrected chi connectivity index (χ0v) is 19.9. The summed E-state index contributed by atoms with van der Waals surface area (Å²) in [5.74, 6) is 0.839. The van der Waals surface area contributed by atoms with Gasteiger partial charge in [0.15, 0.2) is 0 Å². The van der Waals surface area contributed by atoms with E-state index < -0.39 is 0 Å². The molecule has 1 saturated heterocycles. The third kappa shape index (κ3) is 4.70. The van der Waals surface area contributed by atoms with Crippen LogP contribution < -0.4 is 20.4 Å². The average molecular weight is 457 g/mol. The summed E-state index contributed by atoms with van der Waals surface area (Å²) in [4.78, 5) is 23.4. The Morgan fingerprint density at radius 3 is 2.47 bits per heavy atom. The summed E-state index contributed by atoms with van der Waals surface area (Å²) in [6.45, 7) is 10.1. The molecule has 1 fully saturated rings. The molecule has 3 heterocycles. The van der Waals surface area contributed by atoms with Crippen LogP contribution in [0.2, 0.25) is 0 Å². The van der Waals surface area contributed by atoms with Crippen molar-refractivity contribution in [2.24, 2.45) is 0 Å². The van der Waals surface area contributed by atoms with Crippen LogP contribution in [-0.2, 0) is 11.2 Å². The number of likely N-dealkylation sites (N-methyl/N-ethyl adjacent to an activating group) is 1. The Balaban J connectivity index is 1.27. The van der Waals surface area contributed by atoms with E-state index >= 15 is 0 Å². The van der Waals surface area contributed by atoms with Gasteiger partial charge in [0.05, 0.1) is 11.4 Å². The largest absolute Gasteiger partial charge is 0.369 e. The highest BCUT2D eigenvalue weighted by Gasteiger charge is 2.25. The monoisotopic (exact) mass is 456 g/mol. The van der Waals surface area contributed by atoms with E-state index in [1.54, 1.807) is 13.1 Å². The number of pyridine rings is 1. The molecule has 2 aliphatic heterocycles. The van der Waals surface area contributed by atoms with Crippen LogP contribution in [0.5, 0.6) is 0 Å². The number of hydrogen-bond donors (Lipinski definition) is 2. The highest BCUT2D eigenvalue weighted by molar-refractivity contribution is 5.98. The third-order valence-electron chi connectivity index (χ3n) is 6.74. The van der Waals surface area contributed by atoms with Crippen molar-refractivity contribution in [1.82, 2.24) is 9.88 Å². The van der Waals surface area contributed by atoms with Crippen LogP contribution in [0.15, 0.2) is 60.8 Å². The fraction of sp³-hybridized carbons (Fsp3) is 0.333. The van der Waals surface area contributed by atoms with Gasteiger partial charge in [-0.1, -0.05) is 19.1 Å². The maximum absolute atomic E-state index is 12.1. The van der Waals surface area contributed by atoms with Crippen molar-refractivity contribution in [1.29, 1.82) is 0 Å². The number of amides is 1. The van der Waals surface area contributed by atoms with Gasteiger partial charge in [-0.15, -0.1) is 0 Å². The van der Waals surface area contributed by atoms with E-state index in [0.29, 0.717) is 0 Å². The number of fused-ring (bicyclic) bond motifs is 1. The molecular formula is C27H32N6O. The molecule has 1 aromatic heterocycles. The zero-order chi connectivity index (χ0) is 23.5. The second kappa shape index (κ2) is 9.73. The molecule has 0 radical (unpaired) electrons. The normalized spacial score (nSPS) is 15.8. The standard InChI is InChI=1S/C27H32N6O/c1-3-31-15-17-32(18-16-31)24-9-7-22(8-10-24)30-26-19-23(11-13-28-26)29-25-6-4-5-21-12-14-33(20(2)34)27(21)25/h4-11,13,19H,3,12,14-18H2,1-2H3,(H2,28,29,30). The molecule has 0 spiro atoms. The van der Waals surface area contributed by atoms with E-state index in [1.807, 2.05) is 29.2 Å². The summed E-state index contributed by atoms with van der Waals surface area (Å²) in [5, 5.41) is 6.90. The van der Waals surface area contributed by atoms with Gasteiger partial charge in [-0.2, -0.15) is 0 Å². The SMILES string of the molecule is CCN1CCN(c2ccc(Nc3cc(Nc4cccc5c4N(C(C)=O)CC5)ccn3)cc2)CC1. The van der Waals surface area contributed by atoms with E-state index in [2.05, 4.69) is 62.7 Å². The summed E-state index contributed by atoms with van der Waals surface area (Å²) in [6, 6.07) is 18.7. The fourth-order valence-corrected chi connectivity index (χ4v) is 4.83. The van der Waals surface area contributed by atoms with Gasteiger partial charge in [0.25, 0.3) is 0 Å². The molecule has 176 valence electrons. The number of carbonyl (C=O) groups is 1. The Morgan fingerprint density at radius 2 is 1.74 bits per heavy atom. The minimum atomic E-state index is 0.0702. The highest BCUT2D eigenvalue weighted by Crippen LogP contribution is 2.37. The van der Waals surface area contributed by atoms with Crippen molar-refractivity contribution in [2.75, 3.05) is 59.7 Å². The molecule has 2 N–H and O–H groups in total. The number of anilines is 6.